The third kappa shape index (κ3) is 3.73. The molecule has 26 heavy (non-hydrogen) atoms. The molecule has 1 atom stereocenters. The average molecular weight is 353 g/mol. The highest BCUT2D eigenvalue weighted by Gasteiger charge is 2.17. The van der Waals surface area contributed by atoms with Gasteiger partial charge in [0.15, 0.2) is 5.69 Å². The van der Waals surface area contributed by atoms with Gasteiger partial charge in [-0.3, -0.25) is 9.59 Å². The Morgan fingerprint density at radius 3 is 2.50 bits per heavy atom. The van der Waals surface area contributed by atoms with Gasteiger partial charge in [-0.05, 0) is 18.2 Å². The molecule has 0 radical (unpaired) electrons. The van der Waals surface area contributed by atoms with E-state index in [4.69, 9.17) is 4.74 Å². The van der Waals surface area contributed by atoms with Gasteiger partial charge in [0.05, 0.1) is 11.9 Å². The quantitative estimate of drug-likeness (QED) is 0.694. The van der Waals surface area contributed by atoms with Gasteiger partial charge in [-0.15, -0.1) is 0 Å². The fourth-order valence-electron chi connectivity index (χ4n) is 2.61. The summed E-state index contributed by atoms with van der Waals surface area (Å²) in [5, 5.41) is 17.7. The van der Waals surface area contributed by atoms with Crippen LogP contribution in [0.2, 0.25) is 0 Å². The van der Waals surface area contributed by atoms with Crippen LogP contribution in [0.4, 0.5) is 0 Å². The highest BCUT2D eigenvalue weighted by molar-refractivity contribution is 6.04. The number of aromatic nitrogens is 2. The standard InChI is InChI=1S/C19H19N3O4/c1-20-18(24)17-15-9-5-6-10-16(15)19(25)22(21-17)11-13(23)12-26-14-7-3-2-4-8-14/h2-10,13,23H,11-12H2,1H3,(H,20,24). The van der Waals surface area contributed by atoms with Crippen LogP contribution in [0.15, 0.2) is 59.4 Å². The summed E-state index contributed by atoms with van der Waals surface area (Å²) in [6.45, 7) is -0.0826. The molecule has 0 bridgehead atoms. The minimum absolute atomic E-state index is 0.000266. The summed E-state index contributed by atoms with van der Waals surface area (Å²) in [7, 11) is 1.50. The van der Waals surface area contributed by atoms with Crippen molar-refractivity contribution in [1.82, 2.24) is 15.1 Å². The maximum Gasteiger partial charge on any atom is 0.274 e. The van der Waals surface area contributed by atoms with Gasteiger partial charge in [-0.2, -0.15) is 5.10 Å². The number of ether oxygens (including phenoxy) is 1. The third-order valence-electron chi connectivity index (χ3n) is 3.88. The van der Waals surface area contributed by atoms with Crippen molar-refractivity contribution in [2.45, 2.75) is 12.6 Å². The summed E-state index contributed by atoms with van der Waals surface area (Å²) in [6.07, 6.45) is -0.959. The lowest BCUT2D eigenvalue weighted by molar-refractivity contribution is 0.0867. The van der Waals surface area contributed by atoms with Crippen molar-refractivity contribution < 1.29 is 14.6 Å². The summed E-state index contributed by atoms with van der Waals surface area (Å²) in [4.78, 5) is 24.7. The average Bonchev–Trinajstić information content (AvgIpc) is 2.69. The van der Waals surface area contributed by atoms with Crippen molar-refractivity contribution in [1.29, 1.82) is 0 Å². The molecule has 0 saturated heterocycles. The van der Waals surface area contributed by atoms with Crippen molar-refractivity contribution in [2.24, 2.45) is 0 Å². The van der Waals surface area contributed by atoms with E-state index in [0.29, 0.717) is 16.5 Å². The van der Waals surface area contributed by atoms with Crippen molar-refractivity contribution in [2.75, 3.05) is 13.7 Å². The molecule has 0 spiro atoms. The Balaban J connectivity index is 1.86. The minimum Gasteiger partial charge on any atom is -0.491 e. The van der Waals surface area contributed by atoms with E-state index in [1.54, 1.807) is 36.4 Å². The highest BCUT2D eigenvalue weighted by atomic mass is 16.5. The van der Waals surface area contributed by atoms with Crippen LogP contribution in [0.5, 0.6) is 5.75 Å². The van der Waals surface area contributed by atoms with Crippen molar-refractivity contribution >= 4 is 16.7 Å². The molecule has 1 heterocycles. The zero-order valence-electron chi connectivity index (χ0n) is 14.3. The molecule has 7 nitrogen and oxygen atoms in total. The van der Waals surface area contributed by atoms with Gasteiger partial charge in [0.25, 0.3) is 11.5 Å². The first kappa shape index (κ1) is 17.6. The molecule has 0 fully saturated rings. The van der Waals surface area contributed by atoms with Crippen molar-refractivity contribution in [3.05, 3.63) is 70.6 Å². The molecule has 0 aliphatic carbocycles. The van der Waals surface area contributed by atoms with E-state index >= 15 is 0 Å². The second kappa shape index (κ2) is 7.79. The van der Waals surface area contributed by atoms with Gasteiger partial charge >= 0.3 is 0 Å². The Labute approximate surface area is 149 Å². The summed E-state index contributed by atoms with van der Waals surface area (Å²) in [5.74, 6) is 0.224. The maximum atomic E-state index is 12.6. The van der Waals surface area contributed by atoms with E-state index in [9.17, 15) is 14.7 Å². The Hall–Kier alpha value is -3.19. The molecule has 2 N–H and O–H groups in total. The first-order chi connectivity index (χ1) is 12.6. The number of para-hydroxylation sites is 1. The Morgan fingerprint density at radius 2 is 1.81 bits per heavy atom. The summed E-state index contributed by atoms with van der Waals surface area (Å²) in [5.41, 5.74) is -0.231. The second-order valence-corrected chi connectivity index (χ2v) is 5.74. The van der Waals surface area contributed by atoms with Crippen LogP contribution < -0.4 is 15.6 Å². The largest absolute Gasteiger partial charge is 0.491 e. The van der Waals surface area contributed by atoms with E-state index in [2.05, 4.69) is 10.4 Å². The zero-order chi connectivity index (χ0) is 18.5. The normalized spacial score (nSPS) is 11.9. The van der Waals surface area contributed by atoms with E-state index in [1.807, 2.05) is 18.2 Å². The van der Waals surface area contributed by atoms with Gasteiger partial charge in [-0.1, -0.05) is 36.4 Å². The lowest BCUT2D eigenvalue weighted by Crippen LogP contribution is -2.34. The Bertz CT molecular complexity index is 969. The molecular formula is C19H19N3O4. The number of benzene rings is 2. The number of nitrogens with one attached hydrogen (secondary N) is 1. The molecule has 7 heteroatoms. The van der Waals surface area contributed by atoms with Crippen LogP contribution in [0.1, 0.15) is 10.5 Å². The van der Waals surface area contributed by atoms with Crippen LogP contribution in [0.3, 0.4) is 0 Å². The number of carbonyl (C=O) groups is 1. The number of aliphatic hydroxyl groups is 1. The fraction of sp³-hybridized carbons (Fsp3) is 0.211. The number of aliphatic hydroxyl groups excluding tert-OH is 1. The molecule has 3 aromatic rings. The molecule has 0 saturated carbocycles. The highest BCUT2D eigenvalue weighted by Crippen LogP contribution is 2.13. The monoisotopic (exact) mass is 353 g/mol. The van der Waals surface area contributed by atoms with Gasteiger partial charge in [0, 0.05) is 12.4 Å². The SMILES string of the molecule is CNC(=O)c1nn(CC(O)COc2ccccc2)c(=O)c2ccccc12. The number of rotatable bonds is 6. The number of fused-ring (bicyclic) bond motifs is 1. The molecule has 1 aromatic heterocycles. The number of hydrogen-bond acceptors (Lipinski definition) is 5. The van der Waals surface area contributed by atoms with Crippen LogP contribution in [0, 0.1) is 0 Å². The molecule has 1 unspecified atom stereocenters. The van der Waals surface area contributed by atoms with Crippen LogP contribution in [-0.4, -0.2) is 40.6 Å². The van der Waals surface area contributed by atoms with Crippen LogP contribution in [0.25, 0.3) is 10.8 Å². The lowest BCUT2D eigenvalue weighted by Gasteiger charge is -2.15. The van der Waals surface area contributed by atoms with Gasteiger partial charge in [-0.25, -0.2) is 4.68 Å². The Morgan fingerprint density at radius 1 is 1.15 bits per heavy atom. The predicted octanol–water partition coefficient (Wildman–Crippen LogP) is 1.20. The first-order valence-corrected chi connectivity index (χ1v) is 8.18. The van der Waals surface area contributed by atoms with Gasteiger partial charge in [0.1, 0.15) is 18.5 Å². The molecular weight excluding hydrogens is 334 g/mol. The molecule has 134 valence electrons. The fourth-order valence-corrected chi connectivity index (χ4v) is 2.61. The number of hydrogen-bond donors (Lipinski definition) is 2. The number of amides is 1. The molecule has 1 amide bonds. The van der Waals surface area contributed by atoms with Crippen LogP contribution in [-0.2, 0) is 6.54 Å². The summed E-state index contributed by atoms with van der Waals surface area (Å²) >= 11 is 0. The molecule has 0 aliphatic rings. The maximum absolute atomic E-state index is 12.6. The van der Waals surface area contributed by atoms with Crippen molar-refractivity contribution in [3.8, 4) is 5.75 Å². The zero-order valence-corrected chi connectivity index (χ0v) is 14.3. The lowest BCUT2D eigenvalue weighted by atomic mass is 10.1. The van der Waals surface area contributed by atoms with Crippen LogP contribution >= 0.6 is 0 Å². The van der Waals surface area contributed by atoms with E-state index < -0.39 is 12.0 Å². The summed E-state index contributed by atoms with van der Waals surface area (Å²) < 4.78 is 6.60. The number of nitrogens with zero attached hydrogens (tertiary/aromatic N) is 2. The minimum atomic E-state index is -0.959. The van der Waals surface area contributed by atoms with Gasteiger partial charge in [0.2, 0.25) is 0 Å². The predicted molar refractivity (Wildman–Crippen MR) is 97.3 cm³/mol. The van der Waals surface area contributed by atoms with Crippen molar-refractivity contribution in [3.63, 3.8) is 0 Å². The van der Waals surface area contributed by atoms with E-state index in [0.717, 1.165) is 4.68 Å². The molecule has 2 aromatic carbocycles. The third-order valence-corrected chi connectivity index (χ3v) is 3.88. The number of carbonyl (C=O) groups excluding carboxylic acids is 1. The Kier molecular flexibility index (Phi) is 5.28. The molecule has 0 aliphatic heterocycles. The first-order valence-electron chi connectivity index (χ1n) is 8.18. The van der Waals surface area contributed by atoms with Gasteiger partial charge < -0.3 is 15.2 Å². The van der Waals surface area contributed by atoms with E-state index in [1.165, 1.54) is 7.05 Å². The van der Waals surface area contributed by atoms with E-state index in [-0.39, 0.29) is 24.4 Å². The smallest absolute Gasteiger partial charge is 0.274 e. The molecule has 3 rings (SSSR count). The summed E-state index contributed by atoms with van der Waals surface area (Å²) in [6, 6.07) is 15.8. The topological polar surface area (TPSA) is 93.5 Å². The second-order valence-electron chi connectivity index (χ2n) is 5.74.